The summed E-state index contributed by atoms with van der Waals surface area (Å²) in [6.45, 7) is -0.236. The van der Waals surface area contributed by atoms with Crippen molar-refractivity contribution in [3.63, 3.8) is 0 Å². The molecule has 0 unspecified atom stereocenters. The molecule has 0 fully saturated rings. The minimum Gasteiger partial charge on any atom is -0.462 e. The Hall–Kier alpha value is -2.37. The van der Waals surface area contributed by atoms with E-state index in [1.54, 1.807) is 0 Å². The van der Waals surface area contributed by atoms with Crippen molar-refractivity contribution in [1.29, 1.82) is 0 Å². The first kappa shape index (κ1) is 50.6. The summed E-state index contributed by atoms with van der Waals surface area (Å²) in [7, 11) is 0. The first-order valence-electron chi connectivity index (χ1n) is 29.0. The normalized spacial score (nSPS) is 13.6. The Morgan fingerprint density at radius 2 is 0.581 bits per heavy atom. The maximum Gasteiger partial charge on any atom is 0.306 e. The third-order valence-electron chi connectivity index (χ3n) is 11.4. The second-order valence-corrected chi connectivity index (χ2v) is 17.6. The van der Waals surface area contributed by atoms with E-state index in [1.165, 1.54) is 103 Å². The fourth-order valence-corrected chi connectivity index (χ4v) is 7.38. The second-order valence-electron chi connectivity index (χ2n) is 17.6. The molecule has 62 heavy (non-hydrogen) atoms. The van der Waals surface area contributed by atoms with Crippen LogP contribution in [-0.4, -0.2) is 37.1 Å². The van der Waals surface area contributed by atoms with Gasteiger partial charge in [-0.15, -0.1) is 0 Å². The Labute approximate surface area is 392 Å². The Balaban J connectivity index is 5.04. The number of esters is 3. The standard InChI is InChI=1S/C56H102O6/c1-4-7-10-13-16-19-22-25-28-31-33-36-39-42-45-48-54(57)60-51-53(62-56(59)50-47-44-41-38-35-30-27-24-21-18-15-12-9-6-3)52-61-55(58)49-46-43-40-37-34-32-29-26-23-20-17-14-11-8-5-2/h21,24-26,28-29,53H,4-20,22-23,27,30-52H2,1-3H3/b24-21-,28-25-,29-26-/i51D2,52D2,53D. The highest BCUT2D eigenvalue weighted by Gasteiger charge is 2.19. The van der Waals surface area contributed by atoms with E-state index in [1.807, 2.05) is 0 Å². The van der Waals surface area contributed by atoms with Gasteiger partial charge >= 0.3 is 17.9 Å². The lowest BCUT2D eigenvalue weighted by Crippen LogP contribution is -2.30. The molecule has 0 heterocycles. The molecular formula is C56H102O6. The van der Waals surface area contributed by atoms with Gasteiger partial charge in [-0.3, -0.25) is 14.4 Å². The molecule has 0 aromatic heterocycles. The number of ether oxygens (including phenoxy) is 3. The van der Waals surface area contributed by atoms with Crippen molar-refractivity contribution < 1.29 is 35.4 Å². The van der Waals surface area contributed by atoms with Crippen LogP contribution in [0.15, 0.2) is 36.5 Å². The van der Waals surface area contributed by atoms with Gasteiger partial charge in [0.25, 0.3) is 0 Å². The summed E-state index contributed by atoms with van der Waals surface area (Å²) in [5, 5.41) is 0. The summed E-state index contributed by atoms with van der Waals surface area (Å²) in [4.78, 5) is 39.0. The van der Waals surface area contributed by atoms with Crippen molar-refractivity contribution in [3.05, 3.63) is 36.5 Å². The summed E-state index contributed by atoms with van der Waals surface area (Å²) in [5.41, 5.74) is 0. The van der Waals surface area contributed by atoms with Crippen LogP contribution < -0.4 is 0 Å². The summed E-state index contributed by atoms with van der Waals surface area (Å²) in [6.07, 6.45) is 50.1. The number of unbranched alkanes of at least 4 members (excludes halogenated alkanes) is 32. The minimum atomic E-state index is -3.50. The van der Waals surface area contributed by atoms with Gasteiger partial charge in [0.2, 0.25) is 0 Å². The van der Waals surface area contributed by atoms with E-state index in [4.69, 9.17) is 21.1 Å². The summed E-state index contributed by atoms with van der Waals surface area (Å²) < 4.78 is 58.9. The molecule has 0 saturated heterocycles. The van der Waals surface area contributed by atoms with Gasteiger partial charge < -0.3 is 14.2 Å². The highest BCUT2D eigenvalue weighted by molar-refractivity contribution is 5.71. The Bertz CT molecular complexity index is 1200. The van der Waals surface area contributed by atoms with Gasteiger partial charge in [0.15, 0.2) is 6.08 Å². The molecule has 0 bridgehead atoms. The molecule has 0 aromatic carbocycles. The maximum absolute atomic E-state index is 13.1. The number of allylic oxidation sites excluding steroid dienone is 6. The zero-order chi connectivity index (χ0) is 49.6. The molecule has 0 amide bonds. The van der Waals surface area contributed by atoms with Gasteiger partial charge in [0, 0.05) is 19.3 Å². The number of carbonyl (C=O) groups excluding carboxylic acids is 3. The van der Waals surface area contributed by atoms with Gasteiger partial charge in [-0.05, 0) is 96.3 Å². The molecule has 0 spiro atoms. The van der Waals surface area contributed by atoms with E-state index in [-0.39, 0.29) is 19.3 Å². The molecule has 0 aliphatic carbocycles. The van der Waals surface area contributed by atoms with Crippen LogP contribution in [0, 0.1) is 0 Å². The monoisotopic (exact) mass is 876 g/mol. The molecule has 0 atom stereocenters. The summed E-state index contributed by atoms with van der Waals surface area (Å²) >= 11 is 0. The van der Waals surface area contributed by atoms with Crippen LogP contribution >= 0.6 is 0 Å². The molecule has 0 aliphatic heterocycles. The quantitative estimate of drug-likeness (QED) is 0.0262. The van der Waals surface area contributed by atoms with E-state index in [0.29, 0.717) is 25.7 Å². The summed E-state index contributed by atoms with van der Waals surface area (Å²) in [5.74, 6) is -2.98. The molecule has 362 valence electrons. The van der Waals surface area contributed by atoms with Crippen LogP contribution in [0.1, 0.15) is 291 Å². The van der Waals surface area contributed by atoms with E-state index < -0.39 is 37.1 Å². The zero-order valence-electron chi connectivity index (χ0n) is 45.9. The zero-order valence-corrected chi connectivity index (χ0v) is 40.9. The predicted octanol–water partition coefficient (Wildman–Crippen LogP) is 17.7. The minimum absolute atomic E-state index is 0.144. The molecule has 0 N–H and O–H groups in total. The Kier molecular flexibility index (Phi) is 41.9. The molecular weight excluding hydrogens is 769 g/mol. The van der Waals surface area contributed by atoms with E-state index in [0.717, 1.165) is 116 Å². The van der Waals surface area contributed by atoms with Gasteiger partial charge in [-0.2, -0.15) is 0 Å². The molecule has 0 rings (SSSR count). The van der Waals surface area contributed by atoms with Crippen molar-refractivity contribution in [3.8, 4) is 0 Å². The lowest BCUT2D eigenvalue weighted by Gasteiger charge is -2.18. The van der Waals surface area contributed by atoms with Crippen molar-refractivity contribution in [2.24, 2.45) is 0 Å². The fraction of sp³-hybridized carbons (Fsp3) is 0.839. The van der Waals surface area contributed by atoms with Gasteiger partial charge in [-0.1, -0.05) is 205 Å². The van der Waals surface area contributed by atoms with Crippen LogP contribution in [0.4, 0.5) is 0 Å². The van der Waals surface area contributed by atoms with Crippen molar-refractivity contribution in [1.82, 2.24) is 0 Å². The first-order chi connectivity index (χ1) is 32.4. The van der Waals surface area contributed by atoms with E-state index in [2.05, 4.69) is 57.2 Å². The SMILES string of the molecule is [2H]C([2H])(OC(=O)CCCCCCC/C=C\CCCCCCCC)C([2H])(OC(=O)CCCCCCCC/C=C\CCCCCC)C([2H])([2H])OC(=O)CCCCCCC/C=C\CCCCCCCC. The average Bonchev–Trinajstić information content (AvgIpc) is 3.28. The van der Waals surface area contributed by atoms with E-state index in [9.17, 15) is 14.4 Å². The predicted molar refractivity (Wildman–Crippen MR) is 266 cm³/mol. The maximum atomic E-state index is 13.1. The number of carbonyl (C=O) groups is 3. The average molecular weight is 876 g/mol. The van der Waals surface area contributed by atoms with Crippen molar-refractivity contribution in [2.45, 2.75) is 290 Å². The lowest BCUT2D eigenvalue weighted by molar-refractivity contribution is -0.167. The van der Waals surface area contributed by atoms with Crippen molar-refractivity contribution in [2.75, 3.05) is 13.1 Å². The number of hydrogen-bond acceptors (Lipinski definition) is 6. The molecule has 0 aromatic rings. The third-order valence-corrected chi connectivity index (χ3v) is 11.4. The lowest BCUT2D eigenvalue weighted by atomic mass is 10.1. The Morgan fingerprint density at radius 1 is 0.355 bits per heavy atom. The Morgan fingerprint density at radius 3 is 0.871 bits per heavy atom. The largest absolute Gasteiger partial charge is 0.462 e. The van der Waals surface area contributed by atoms with E-state index >= 15 is 0 Å². The number of rotatable bonds is 49. The smallest absolute Gasteiger partial charge is 0.306 e. The highest BCUT2D eigenvalue weighted by Crippen LogP contribution is 2.15. The first-order valence-corrected chi connectivity index (χ1v) is 26.5. The van der Waals surface area contributed by atoms with Crippen LogP contribution in [0.25, 0.3) is 0 Å². The van der Waals surface area contributed by atoms with Gasteiger partial charge in [-0.25, -0.2) is 0 Å². The van der Waals surface area contributed by atoms with Gasteiger partial charge in [0.05, 0.1) is 6.85 Å². The van der Waals surface area contributed by atoms with Crippen LogP contribution in [0.2, 0.25) is 0 Å². The molecule has 0 saturated carbocycles. The van der Waals surface area contributed by atoms with Crippen LogP contribution in [0.3, 0.4) is 0 Å². The van der Waals surface area contributed by atoms with Crippen LogP contribution in [0.5, 0.6) is 0 Å². The van der Waals surface area contributed by atoms with Crippen molar-refractivity contribution >= 4 is 17.9 Å². The fourth-order valence-electron chi connectivity index (χ4n) is 7.38. The second kappa shape index (κ2) is 51.3. The summed E-state index contributed by atoms with van der Waals surface area (Å²) in [6, 6.07) is 0. The number of hydrogen-bond donors (Lipinski definition) is 0. The molecule has 0 aliphatic rings. The topological polar surface area (TPSA) is 78.9 Å². The third kappa shape index (κ3) is 48.7. The van der Waals surface area contributed by atoms with Gasteiger partial charge in [0.1, 0.15) is 13.1 Å². The highest BCUT2D eigenvalue weighted by atomic mass is 16.6. The molecule has 6 heteroatoms. The van der Waals surface area contributed by atoms with Crippen LogP contribution in [-0.2, 0) is 28.6 Å². The molecule has 6 nitrogen and oxygen atoms in total. The molecule has 0 radical (unpaired) electrons.